The zero-order chi connectivity index (χ0) is 14.9. The molecule has 0 saturated carbocycles. The number of halogens is 4. The molecule has 20 heavy (non-hydrogen) atoms. The molecule has 2 rings (SSSR count). The highest BCUT2D eigenvalue weighted by atomic mass is 35.5. The molecule has 0 heterocycles. The van der Waals surface area contributed by atoms with E-state index >= 15 is 0 Å². The van der Waals surface area contributed by atoms with Crippen LogP contribution in [-0.2, 0) is 0 Å². The Balaban J connectivity index is 2.64. The van der Waals surface area contributed by atoms with Gasteiger partial charge in [0.25, 0.3) is 0 Å². The standard InChI is InChI=1S/C14H12ClF3N2/c1-7-2-4-11(17)12(13(7)18)14(20-19)9-6-8(15)3-5-10(9)16/h2-6,14,20H,19H2,1H3. The van der Waals surface area contributed by atoms with Crippen molar-refractivity contribution in [2.24, 2.45) is 5.84 Å². The average Bonchev–Trinajstić information content (AvgIpc) is 2.42. The monoisotopic (exact) mass is 300 g/mol. The van der Waals surface area contributed by atoms with E-state index in [1.54, 1.807) is 0 Å². The number of hydrogen-bond acceptors (Lipinski definition) is 2. The van der Waals surface area contributed by atoms with Gasteiger partial charge in [-0.15, -0.1) is 0 Å². The van der Waals surface area contributed by atoms with Crippen LogP contribution in [0.3, 0.4) is 0 Å². The molecule has 0 radical (unpaired) electrons. The Hall–Kier alpha value is -1.56. The van der Waals surface area contributed by atoms with Crippen LogP contribution in [0, 0.1) is 24.4 Å². The molecule has 0 aliphatic rings. The summed E-state index contributed by atoms with van der Waals surface area (Å²) in [6.07, 6.45) is 0. The van der Waals surface area contributed by atoms with Crippen molar-refractivity contribution in [3.63, 3.8) is 0 Å². The molecule has 3 N–H and O–H groups in total. The minimum Gasteiger partial charge on any atom is -0.271 e. The van der Waals surface area contributed by atoms with Crippen molar-refractivity contribution in [1.82, 2.24) is 5.43 Å². The maximum absolute atomic E-state index is 14.1. The summed E-state index contributed by atoms with van der Waals surface area (Å²) in [5.41, 5.74) is 2.11. The van der Waals surface area contributed by atoms with Gasteiger partial charge in [0.05, 0.1) is 6.04 Å². The molecule has 0 aromatic heterocycles. The number of nitrogens with two attached hydrogens (primary N) is 1. The fourth-order valence-corrected chi connectivity index (χ4v) is 2.19. The molecule has 0 fully saturated rings. The van der Waals surface area contributed by atoms with Gasteiger partial charge in [0.15, 0.2) is 0 Å². The first-order valence-electron chi connectivity index (χ1n) is 5.81. The summed E-state index contributed by atoms with van der Waals surface area (Å²) < 4.78 is 41.9. The zero-order valence-corrected chi connectivity index (χ0v) is 11.3. The molecule has 1 unspecified atom stereocenters. The largest absolute Gasteiger partial charge is 0.271 e. The maximum atomic E-state index is 14.1. The van der Waals surface area contributed by atoms with Gasteiger partial charge in [0.1, 0.15) is 17.5 Å². The minimum absolute atomic E-state index is 0.0246. The lowest BCUT2D eigenvalue weighted by Crippen LogP contribution is -2.31. The lowest BCUT2D eigenvalue weighted by atomic mass is 9.96. The van der Waals surface area contributed by atoms with Crippen LogP contribution in [0.2, 0.25) is 5.02 Å². The van der Waals surface area contributed by atoms with Crippen LogP contribution in [0.1, 0.15) is 22.7 Å². The molecule has 0 bridgehead atoms. The number of nitrogens with one attached hydrogen (secondary N) is 1. The quantitative estimate of drug-likeness (QED) is 0.671. The van der Waals surface area contributed by atoms with Crippen LogP contribution in [0.15, 0.2) is 30.3 Å². The van der Waals surface area contributed by atoms with E-state index < -0.39 is 23.5 Å². The molecule has 2 aromatic carbocycles. The molecule has 1 atom stereocenters. The first-order valence-corrected chi connectivity index (χ1v) is 6.19. The zero-order valence-electron chi connectivity index (χ0n) is 10.6. The molecule has 0 amide bonds. The average molecular weight is 301 g/mol. The highest BCUT2D eigenvalue weighted by Gasteiger charge is 2.24. The SMILES string of the molecule is Cc1ccc(F)c(C(NN)c2cc(Cl)ccc2F)c1F. The van der Waals surface area contributed by atoms with E-state index in [0.29, 0.717) is 0 Å². The first kappa shape index (κ1) is 14.8. The summed E-state index contributed by atoms with van der Waals surface area (Å²) in [6, 6.07) is 4.98. The summed E-state index contributed by atoms with van der Waals surface area (Å²) in [5, 5.41) is 0.245. The Kier molecular flexibility index (Phi) is 4.32. The van der Waals surface area contributed by atoms with E-state index in [-0.39, 0.29) is 21.7 Å². The van der Waals surface area contributed by atoms with Crippen LogP contribution < -0.4 is 11.3 Å². The third-order valence-corrected chi connectivity index (χ3v) is 3.28. The summed E-state index contributed by atoms with van der Waals surface area (Å²) in [6.45, 7) is 1.49. The highest BCUT2D eigenvalue weighted by molar-refractivity contribution is 6.30. The summed E-state index contributed by atoms with van der Waals surface area (Å²) in [4.78, 5) is 0. The molecule has 0 spiro atoms. The Morgan fingerprint density at radius 2 is 1.75 bits per heavy atom. The minimum atomic E-state index is -1.17. The smallest absolute Gasteiger partial charge is 0.134 e. The van der Waals surface area contributed by atoms with Gasteiger partial charge in [-0.2, -0.15) is 0 Å². The lowest BCUT2D eigenvalue weighted by Gasteiger charge is -2.20. The van der Waals surface area contributed by atoms with Crippen molar-refractivity contribution in [3.05, 3.63) is 69.5 Å². The number of benzene rings is 2. The summed E-state index contributed by atoms with van der Waals surface area (Å²) in [5.74, 6) is 3.11. The predicted octanol–water partition coefficient (Wildman–Crippen LogP) is 3.62. The molecular weight excluding hydrogens is 289 g/mol. The fourth-order valence-electron chi connectivity index (χ4n) is 2.01. The van der Waals surface area contributed by atoms with Crippen LogP contribution in [0.4, 0.5) is 13.2 Å². The second kappa shape index (κ2) is 5.83. The van der Waals surface area contributed by atoms with E-state index in [9.17, 15) is 13.2 Å². The Bertz CT molecular complexity index is 647. The Morgan fingerprint density at radius 3 is 2.40 bits per heavy atom. The number of hydrazine groups is 1. The van der Waals surface area contributed by atoms with E-state index in [2.05, 4.69) is 5.43 Å². The molecule has 0 aliphatic heterocycles. The van der Waals surface area contributed by atoms with Gasteiger partial charge in [-0.25, -0.2) is 18.6 Å². The van der Waals surface area contributed by atoms with Crippen molar-refractivity contribution >= 4 is 11.6 Å². The molecular formula is C14H12ClF3N2. The van der Waals surface area contributed by atoms with Crippen LogP contribution in [0.5, 0.6) is 0 Å². The van der Waals surface area contributed by atoms with Crippen molar-refractivity contribution < 1.29 is 13.2 Å². The second-order valence-electron chi connectivity index (χ2n) is 4.36. The molecule has 0 aliphatic carbocycles. The lowest BCUT2D eigenvalue weighted by molar-refractivity contribution is 0.492. The van der Waals surface area contributed by atoms with Crippen LogP contribution >= 0.6 is 11.6 Å². The van der Waals surface area contributed by atoms with Crippen molar-refractivity contribution in [2.75, 3.05) is 0 Å². The first-order chi connectivity index (χ1) is 9.45. The van der Waals surface area contributed by atoms with Crippen LogP contribution in [0.25, 0.3) is 0 Å². The molecule has 6 heteroatoms. The predicted molar refractivity (Wildman–Crippen MR) is 71.7 cm³/mol. The Morgan fingerprint density at radius 1 is 1.10 bits per heavy atom. The molecule has 106 valence electrons. The highest BCUT2D eigenvalue weighted by Crippen LogP contribution is 2.30. The van der Waals surface area contributed by atoms with E-state index in [1.807, 2.05) is 0 Å². The fraction of sp³-hybridized carbons (Fsp3) is 0.143. The number of aryl methyl sites for hydroxylation is 1. The van der Waals surface area contributed by atoms with Crippen molar-refractivity contribution in [3.8, 4) is 0 Å². The molecule has 2 nitrogen and oxygen atoms in total. The van der Waals surface area contributed by atoms with E-state index in [4.69, 9.17) is 17.4 Å². The maximum Gasteiger partial charge on any atom is 0.134 e. The Labute approximate surface area is 119 Å². The van der Waals surface area contributed by atoms with E-state index in [0.717, 1.165) is 12.1 Å². The third-order valence-electron chi connectivity index (χ3n) is 3.04. The van der Waals surface area contributed by atoms with Crippen molar-refractivity contribution in [2.45, 2.75) is 13.0 Å². The third kappa shape index (κ3) is 2.65. The second-order valence-corrected chi connectivity index (χ2v) is 4.79. The van der Waals surface area contributed by atoms with Gasteiger partial charge >= 0.3 is 0 Å². The number of rotatable bonds is 3. The number of hydrogen-bond donors (Lipinski definition) is 2. The van der Waals surface area contributed by atoms with Crippen LogP contribution in [-0.4, -0.2) is 0 Å². The van der Waals surface area contributed by atoms with Crippen molar-refractivity contribution in [1.29, 1.82) is 0 Å². The molecule has 2 aromatic rings. The van der Waals surface area contributed by atoms with Gasteiger partial charge in [-0.05, 0) is 36.8 Å². The van der Waals surface area contributed by atoms with Gasteiger partial charge in [0.2, 0.25) is 0 Å². The van der Waals surface area contributed by atoms with Gasteiger partial charge in [-0.3, -0.25) is 5.84 Å². The summed E-state index contributed by atoms with van der Waals surface area (Å²) in [7, 11) is 0. The van der Waals surface area contributed by atoms with Gasteiger partial charge in [-0.1, -0.05) is 17.7 Å². The van der Waals surface area contributed by atoms with Gasteiger partial charge in [0, 0.05) is 16.1 Å². The van der Waals surface area contributed by atoms with E-state index in [1.165, 1.54) is 25.1 Å². The molecule has 0 saturated heterocycles. The topological polar surface area (TPSA) is 38.0 Å². The summed E-state index contributed by atoms with van der Waals surface area (Å²) >= 11 is 5.79. The normalized spacial score (nSPS) is 12.5. The van der Waals surface area contributed by atoms with Gasteiger partial charge < -0.3 is 0 Å².